The van der Waals surface area contributed by atoms with Crippen LogP contribution in [0.5, 0.6) is 23.0 Å². The van der Waals surface area contributed by atoms with E-state index in [9.17, 15) is 0 Å². The molecular formula is C44H36N2O4S3. The Balaban J connectivity index is 1.19. The molecule has 8 rings (SSSR count). The van der Waals surface area contributed by atoms with Crippen molar-refractivity contribution in [1.82, 2.24) is 0 Å². The Morgan fingerprint density at radius 1 is 0.396 bits per heavy atom. The second kappa shape index (κ2) is 15.1. The number of hydrogen-bond donors (Lipinski definition) is 0. The van der Waals surface area contributed by atoms with Crippen LogP contribution in [0.25, 0.3) is 31.7 Å². The summed E-state index contributed by atoms with van der Waals surface area (Å²) in [6, 6.07) is 46.0. The van der Waals surface area contributed by atoms with Gasteiger partial charge < -0.3 is 28.7 Å². The van der Waals surface area contributed by atoms with Gasteiger partial charge in [-0.3, -0.25) is 0 Å². The number of rotatable bonds is 12. The van der Waals surface area contributed by atoms with Gasteiger partial charge in [0.25, 0.3) is 0 Å². The van der Waals surface area contributed by atoms with Gasteiger partial charge in [-0.2, -0.15) is 0 Å². The summed E-state index contributed by atoms with van der Waals surface area (Å²) in [6.07, 6.45) is 0. The fourth-order valence-electron chi connectivity index (χ4n) is 6.39. The fourth-order valence-corrected chi connectivity index (χ4v) is 9.68. The van der Waals surface area contributed by atoms with Gasteiger partial charge in [0, 0.05) is 65.5 Å². The number of hydrogen-bond acceptors (Lipinski definition) is 9. The molecule has 9 heteroatoms. The number of thiophene rings is 3. The molecule has 0 saturated heterocycles. The lowest BCUT2D eigenvalue weighted by molar-refractivity contribution is 0.414. The molecule has 8 aromatic rings. The predicted octanol–water partition coefficient (Wildman–Crippen LogP) is 13.3. The van der Waals surface area contributed by atoms with E-state index >= 15 is 0 Å². The Morgan fingerprint density at radius 2 is 0.811 bits per heavy atom. The average Bonchev–Trinajstić information content (AvgIpc) is 3.99. The third-order valence-corrected chi connectivity index (χ3v) is 12.2. The van der Waals surface area contributed by atoms with E-state index in [0.717, 1.165) is 55.7 Å². The Kier molecular flexibility index (Phi) is 9.78. The summed E-state index contributed by atoms with van der Waals surface area (Å²) in [4.78, 5) is 7.04. The van der Waals surface area contributed by atoms with Crippen molar-refractivity contribution < 1.29 is 18.9 Å². The molecule has 3 heterocycles. The molecule has 0 unspecified atom stereocenters. The molecule has 0 aliphatic heterocycles. The van der Waals surface area contributed by atoms with Crippen molar-refractivity contribution in [3.8, 4) is 43.9 Å². The summed E-state index contributed by atoms with van der Waals surface area (Å²) in [5.41, 5.74) is 6.52. The molecule has 53 heavy (non-hydrogen) atoms. The van der Waals surface area contributed by atoms with Crippen LogP contribution in [0.15, 0.2) is 144 Å². The number of benzene rings is 5. The van der Waals surface area contributed by atoms with E-state index in [-0.39, 0.29) is 0 Å². The van der Waals surface area contributed by atoms with Crippen molar-refractivity contribution >= 4 is 77.5 Å². The molecule has 0 amide bonds. The van der Waals surface area contributed by atoms with Gasteiger partial charge in [0.1, 0.15) is 33.0 Å². The van der Waals surface area contributed by atoms with Crippen LogP contribution in [-0.2, 0) is 0 Å². The zero-order valence-electron chi connectivity index (χ0n) is 29.6. The minimum absolute atomic E-state index is 0.805. The predicted molar refractivity (Wildman–Crippen MR) is 224 cm³/mol. The van der Waals surface area contributed by atoms with Gasteiger partial charge >= 0.3 is 0 Å². The van der Waals surface area contributed by atoms with Crippen LogP contribution >= 0.6 is 34.0 Å². The van der Waals surface area contributed by atoms with Crippen LogP contribution in [0, 0.1) is 0 Å². The van der Waals surface area contributed by atoms with Gasteiger partial charge in [0.15, 0.2) is 0 Å². The Bertz CT molecular complexity index is 2420. The molecule has 6 nitrogen and oxygen atoms in total. The molecule has 0 bridgehead atoms. The number of fused-ring (bicyclic) bond motifs is 1. The maximum absolute atomic E-state index is 5.61. The Morgan fingerprint density at radius 3 is 1.23 bits per heavy atom. The Labute approximate surface area is 321 Å². The molecule has 0 radical (unpaired) electrons. The van der Waals surface area contributed by atoms with E-state index in [1.165, 1.54) is 31.7 Å². The van der Waals surface area contributed by atoms with Gasteiger partial charge in [-0.1, -0.05) is 30.3 Å². The van der Waals surface area contributed by atoms with E-state index in [0.29, 0.717) is 0 Å². The highest BCUT2D eigenvalue weighted by molar-refractivity contribution is 7.22. The number of nitrogens with zero attached hydrogens (tertiary/aromatic N) is 2. The summed E-state index contributed by atoms with van der Waals surface area (Å²) < 4.78 is 22.0. The molecule has 0 aliphatic carbocycles. The van der Waals surface area contributed by atoms with Crippen LogP contribution in [-0.4, -0.2) is 28.4 Å². The lowest BCUT2D eigenvalue weighted by atomic mass is 10.1. The smallest absolute Gasteiger partial charge is 0.120 e. The molecule has 0 atom stereocenters. The number of ether oxygens (including phenoxy) is 4. The van der Waals surface area contributed by atoms with E-state index < -0.39 is 0 Å². The van der Waals surface area contributed by atoms with Gasteiger partial charge in [-0.25, -0.2) is 0 Å². The highest BCUT2D eigenvalue weighted by atomic mass is 32.1. The van der Waals surface area contributed by atoms with E-state index in [1.807, 2.05) is 59.9 Å². The molecule has 3 aromatic heterocycles. The van der Waals surface area contributed by atoms with E-state index in [1.54, 1.807) is 51.1 Å². The lowest BCUT2D eigenvalue weighted by Crippen LogP contribution is -2.08. The molecular weight excluding hydrogens is 717 g/mol. The summed E-state index contributed by atoms with van der Waals surface area (Å²) in [5.74, 6) is 3.26. The summed E-state index contributed by atoms with van der Waals surface area (Å²) >= 11 is 5.30. The summed E-state index contributed by atoms with van der Waals surface area (Å²) in [6.45, 7) is 0. The molecule has 0 aliphatic rings. The molecule has 0 spiro atoms. The van der Waals surface area contributed by atoms with Crippen molar-refractivity contribution in [2.45, 2.75) is 0 Å². The number of methoxy groups -OCH3 is 4. The average molecular weight is 753 g/mol. The third-order valence-electron chi connectivity index (χ3n) is 9.06. The second-order valence-electron chi connectivity index (χ2n) is 12.1. The van der Waals surface area contributed by atoms with Crippen LogP contribution in [0.3, 0.4) is 0 Å². The maximum atomic E-state index is 5.61. The van der Waals surface area contributed by atoms with Crippen LogP contribution in [0.4, 0.5) is 32.8 Å². The van der Waals surface area contributed by atoms with Crippen molar-refractivity contribution in [1.29, 1.82) is 0 Å². The van der Waals surface area contributed by atoms with Crippen molar-refractivity contribution in [3.05, 3.63) is 144 Å². The monoisotopic (exact) mass is 752 g/mol. The first-order valence-corrected chi connectivity index (χ1v) is 19.5. The minimum Gasteiger partial charge on any atom is -0.497 e. The molecule has 0 saturated carbocycles. The zero-order valence-corrected chi connectivity index (χ0v) is 32.1. The second-order valence-corrected chi connectivity index (χ2v) is 14.9. The summed E-state index contributed by atoms with van der Waals surface area (Å²) in [5, 5.41) is 9.23. The van der Waals surface area contributed by atoms with Crippen molar-refractivity contribution in [2.75, 3.05) is 38.2 Å². The quantitative estimate of drug-likeness (QED) is 0.124. The highest BCUT2D eigenvalue weighted by Gasteiger charge is 2.22. The first-order valence-electron chi connectivity index (χ1n) is 16.9. The highest BCUT2D eigenvalue weighted by Crippen LogP contribution is 2.50. The number of anilines is 6. The van der Waals surface area contributed by atoms with Crippen molar-refractivity contribution in [3.63, 3.8) is 0 Å². The Hall–Kier alpha value is -5.74. The molecule has 5 aromatic carbocycles. The van der Waals surface area contributed by atoms with Gasteiger partial charge in [-0.05, 0) is 97.1 Å². The lowest BCUT2D eigenvalue weighted by Gasteiger charge is -2.24. The summed E-state index contributed by atoms with van der Waals surface area (Å²) in [7, 11) is 6.77. The third kappa shape index (κ3) is 6.82. The van der Waals surface area contributed by atoms with Gasteiger partial charge in [-0.15, -0.1) is 34.0 Å². The van der Waals surface area contributed by atoms with E-state index in [4.69, 9.17) is 18.9 Å². The SMILES string of the molecule is COc1ccc(N(c2ccc(OC)cc2)c2cc(-c3sc(-c4csc(N(c5ccc(OC)cc5)c5cccc(OC)c5)c4)c4ccccc34)cs2)cc1. The first kappa shape index (κ1) is 34.4. The standard InChI is InChI=1S/C44H36N2O4S3/c1-47-35-18-12-31(13-19-35)45(32-14-20-36(48-2)21-15-32)41-24-29(27-51-41)43-39-10-5-6-11-40(39)44(53-43)30-25-42(52-28-30)46(33-16-22-37(49-3)23-17-33)34-8-7-9-38(26-34)50-4/h5-28H,1-4H3. The maximum Gasteiger partial charge on any atom is 0.120 e. The zero-order chi connectivity index (χ0) is 36.3. The minimum atomic E-state index is 0.805. The first-order chi connectivity index (χ1) is 26.1. The normalized spacial score (nSPS) is 11.0. The topological polar surface area (TPSA) is 43.4 Å². The van der Waals surface area contributed by atoms with Crippen LogP contribution in [0.2, 0.25) is 0 Å². The largest absolute Gasteiger partial charge is 0.497 e. The van der Waals surface area contributed by atoms with Gasteiger partial charge in [0.05, 0.1) is 34.1 Å². The molecule has 0 fully saturated rings. The van der Waals surface area contributed by atoms with Crippen LogP contribution < -0.4 is 28.7 Å². The van der Waals surface area contributed by atoms with Crippen molar-refractivity contribution in [2.24, 2.45) is 0 Å². The molecule has 264 valence electrons. The van der Waals surface area contributed by atoms with Gasteiger partial charge in [0.2, 0.25) is 0 Å². The van der Waals surface area contributed by atoms with E-state index in [2.05, 4.69) is 105 Å². The van der Waals surface area contributed by atoms with Crippen LogP contribution in [0.1, 0.15) is 0 Å². The molecule has 0 N–H and O–H groups in total. The fraction of sp³-hybridized carbons (Fsp3) is 0.0909.